The second kappa shape index (κ2) is 8.05. The fourth-order valence-corrected chi connectivity index (χ4v) is 2.92. The Kier molecular flexibility index (Phi) is 6.08. The average Bonchev–Trinajstić information content (AvgIpc) is 2.99. The van der Waals surface area contributed by atoms with E-state index in [0.29, 0.717) is 6.54 Å². The van der Waals surface area contributed by atoms with Crippen molar-refractivity contribution >= 4 is 23.0 Å². The zero-order valence-electron chi connectivity index (χ0n) is 13.0. The highest BCUT2D eigenvalue weighted by Crippen LogP contribution is 2.29. The lowest BCUT2D eigenvalue weighted by atomic mass is 10.1. The van der Waals surface area contributed by atoms with Crippen LogP contribution in [0.1, 0.15) is 11.8 Å². The van der Waals surface area contributed by atoms with Crippen molar-refractivity contribution in [2.45, 2.75) is 19.7 Å². The lowest BCUT2D eigenvalue weighted by Gasteiger charge is -2.14. The maximum absolute atomic E-state index is 12.4. The van der Waals surface area contributed by atoms with E-state index in [1.54, 1.807) is 17.4 Å². The van der Waals surface area contributed by atoms with Crippen molar-refractivity contribution in [3.63, 3.8) is 0 Å². The molecule has 8 heteroatoms. The first kappa shape index (κ1) is 18.1. The predicted molar refractivity (Wildman–Crippen MR) is 90.4 cm³/mol. The van der Waals surface area contributed by atoms with Gasteiger partial charge in [0, 0.05) is 11.4 Å². The summed E-state index contributed by atoms with van der Waals surface area (Å²) < 4.78 is 41.1. The summed E-state index contributed by atoms with van der Waals surface area (Å²) in [7, 11) is 0. The third-order valence-corrected chi connectivity index (χ3v) is 3.98. The van der Waals surface area contributed by atoms with Gasteiger partial charge in [-0.05, 0) is 35.9 Å². The van der Waals surface area contributed by atoms with Gasteiger partial charge in [-0.1, -0.05) is 25.1 Å². The molecule has 3 N–H and O–H groups in total. The van der Waals surface area contributed by atoms with E-state index < -0.39 is 6.36 Å². The molecule has 130 valence electrons. The van der Waals surface area contributed by atoms with Crippen molar-refractivity contribution in [1.82, 2.24) is 0 Å². The number of ether oxygens (including phenoxy) is 1. The first-order valence-electron chi connectivity index (χ1n) is 7.27. The van der Waals surface area contributed by atoms with Crippen LogP contribution >= 0.6 is 11.3 Å². The van der Waals surface area contributed by atoms with E-state index in [2.05, 4.69) is 21.1 Å². The zero-order valence-corrected chi connectivity index (χ0v) is 13.8. The Morgan fingerprint density at radius 3 is 2.71 bits per heavy atom. The molecule has 0 aliphatic rings. The number of hydrogen-bond donors (Lipinski definition) is 2. The molecule has 1 aromatic carbocycles. The number of nitrogens with two attached hydrogens (primary N) is 1. The molecule has 1 aromatic heterocycles. The molecule has 1 heterocycles. The van der Waals surface area contributed by atoms with E-state index in [1.807, 2.05) is 18.4 Å². The fraction of sp³-hybridized carbons (Fsp3) is 0.312. The molecule has 0 spiro atoms. The predicted octanol–water partition coefficient (Wildman–Crippen LogP) is 4.25. The molecule has 0 bridgehead atoms. The number of benzene rings is 1. The maximum Gasteiger partial charge on any atom is 0.573 e. The van der Waals surface area contributed by atoms with Crippen LogP contribution < -0.4 is 15.8 Å². The van der Waals surface area contributed by atoms with Gasteiger partial charge in [-0.2, -0.15) is 0 Å². The van der Waals surface area contributed by atoms with Crippen molar-refractivity contribution in [3.8, 4) is 5.75 Å². The number of alkyl halides is 3. The third-order valence-electron chi connectivity index (χ3n) is 3.08. The van der Waals surface area contributed by atoms with Crippen LogP contribution in [0.2, 0.25) is 0 Å². The Morgan fingerprint density at radius 1 is 1.29 bits per heavy atom. The van der Waals surface area contributed by atoms with Crippen LogP contribution in [-0.2, 0) is 6.42 Å². The molecule has 0 saturated heterocycles. The van der Waals surface area contributed by atoms with Gasteiger partial charge < -0.3 is 15.8 Å². The minimum atomic E-state index is -4.76. The van der Waals surface area contributed by atoms with E-state index in [1.165, 1.54) is 23.1 Å². The standard InChI is InChI=1S/C16H18F3N3OS/c1-11(9-12-5-4-8-24-12)10-21-15(20)22-13-6-2-3-7-14(13)23-16(17,18)19/h2-8,11H,9-10H2,1H3,(H3,20,21,22). The van der Waals surface area contributed by atoms with Gasteiger partial charge in [-0.25, -0.2) is 0 Å². The van der Waals surface area contributed by atoms with Gasteiger partial charge in [0.25, 0.3) is 0 Å². The molecule has 1 unspecified atom stereocenters. The molecular weight excluding hydrogens is 339 g/mol. The lowest BCUT2D eigenvalue weighted by molar-refractivity contribution is -0.274. The van der Waals surface area contributed by atoms with E-state index in [-0.39, 0.29) is 23.3 Å². The molecule has 2 aromatic rings. The van der Waals surface area contributed by atoms with Gasteiger partial charge in [-0.15, -0.1) is 24.5 Å². The molecule has 0 radical (unpaired) electrons. The van der Waals surface area contributed by atoms with E-state index in [0.717, 1.165) is 6.42 Å². The SMILES string of the molecule is CC(CN=C(N)Nc1ccccc1OC(F)(F)F)Cc1cccs1. The minimum Gasteiger partial charge on any atom is -0.404 e. The van der Waals surface area contributed by atoms with Crippen LogP contribution in [0.3, 0.4) is 0 Å². The Balaban J connectivity index is 1.95. The fourth-order valence-electron chi connectivity index (χ4n) is 2.05. The second-order valence-electron chi connectivity index (χ2n) is 5.28. The van der Waals surface area contributed by atoms with Crippen molar-refractivity contribution in [2.24, 2.45) is 16.6 Å². The molecule has 0 fully saturated rings. The molecule has 2 rings (SSSR count). The summed E-state index contributed by atoms with van der Waals surface area (Å²) in [6.07, 6.45) is -3.89. The summed E-state index contributed by atoms with van der Waals surface area (Å²) in [6, 6.07) is 9.72. The van der Waals surface area contributed by atoms with E-state index >= 15 is 0 Å². The Bertz CT molecular complexity index is 671. The number of rotatable bonds is 6. The number of anilines is 1. The number of aliphatic imine (C=N–C) groups is 1. The summed E-state index contributed by atoms with van der Waals surface area (Å²) >= 11 is 1.68. The first-order chi connectivity index (χ1) is 11.3. The number of para-hydroxylation sites is 2. The molecule has 4 nitrogen and oxygen atoms in total. The Morgan fingerprint density at radius 2 is 2.04 bits per heavy atom. The van der Waals surface area contributed by atoms with Crippen molar-refractivity contribution in [3.05, 3.63) is 46.7 Å². The van der Waals surface area contributed by atoms with Crippen molar-refractivity contribution in [1.29, 1.82) is 0 Å². The quantitative estimate of drug-likeness (QED) is 0.600. The molecule has 1 atom stereocenters. The highest BCUT2D eigenvalue weighted by Gasteiger charge is 2.32. The zero-order chi connectivity index (χ0) is 17.6. The van der Waals surface area contributed by atoms with Crippen molar-refractivity contribution < 1.29 is 17.9 Å². The average molecular weight is 357 g/mol. The number of nitrogens with one attached hydrogen (secondary N) is 1. The van der Waals surface area contributed by atoms with Crippen LogP contribution in [0.5, 0.6) is 5.75 Å². The highest BCUT2D eigenvalue weighted by molar-refractivity contribution is 7.09. The Labute approximate surface area is 142 Å². The van der Waals surface area contributed by atoms with Gasteiger partial charge in [-0.3, -0.25) is 4.99 Å². The normalized spacial score (nSPS) is 13.6. The van der Waals surface area contributed by atoms with Gasteiger partial charge in [0.1, 0.15) is 0 Å². The number of nitrogens with zero attached hydrogens (tertiary/aromatic N) is 1. The monoisotopic (exact) mass is 357 g/mol. The maximum atomic E-state index is 12.4. The van der Waals surface area contributed by atoms with Crippen LogP contribution in [0, 0.1) is 5.92 Å². The number of halogens is 3. The second-order valence-corrected chi connectivity index (χ2v) is 6.32. The van der Waals surface area contributed by atoms with Gasteiger partial charge in [0.05, 0.1) is 5.69 Å². The third kappa shape index (κ3) is 6.11. The summed E-state index contributed by atoms with van der Waals surface area (Å²) in [6.45, 7) is 2.51. The molecule has 0 amide bonds. The molecule has 24 heavy (non-hydrogen) atoms. The largest absolute Gasteiger partial charge is 0.573 e. The van der Waals surface area contributed by atoms with Crippen LogP contribution in [0.4, 0.5) is 18.9 Å². The van der Waals surface area contributed by atoms with E-state index in [9.17, 15) is 13.2 Å². The summed E-state index contributed by atoms with van der Waals surface area (Å²) in [5, 5.41) is 4.67. The van der Waals surface area contributed by atoms with Gasteiger partial charge in [0.15, 0.2) is 11.7 Å². The van der Waals surface area contributed by atoms with Crippen molar-refractivity contribution in [2.75, 3.05) is 11.9 Å². The minimum absolute atomic E-state index is 0.0475. The van der Waals surface area contributed by atoms with Gasteiger partial charge >= 0.3 is 6.36 Å². The topological polar surface area (TPSA) is 59.6 Å². The molecular formula is C16H18F3N3OS. The number of hydrogen-bond acceptors (Lipinski definition) is 3. The summed E-state index contributed by atoms with van der Waals surface area (Å²) in [4.78, 5) is 5.45. The molecule has 0 aliphatic heterocycles. The molecule has 0 aliphatic carbocycles. The Hall–Kier alpha value is -2.22. The van der Waals surface area contributed by atoms with Crippen LogP contribution in [0.25, 0.3) is 0 Å². The van der Waals surface area contributed by atoms with Crippen LogP contribution in [0.15, 0.2) is 46.8 Å². The lowest BCUT2D eigenvalue weighted by Crippen LogP contribution is -2.25. The summed E-state index contributed by atoms with van der Waals surface area (Å²) in [5.74, 6) is -0.0355. The number of guanidine groups is 1. The number of thiophene rings is 1. The van der Waals surface area contributed by atoms with Gasteiger partial charge in [0.2, 0.25) is 0 Å². The summed E-state index contributed by atoms with van der Waals surface area (Å²) in [5.41, 5.74) is 5.88. The molecule has 0 saturated carbocycles. The highest BCUT2D eigenvalue weighted by atomic mass is 32.1. The van der Waals surface area contributed by atoms with Crippen LogP contribution in [-0.4, -0.2) is 18.9 Å². The first-order valence-corrected chi connectivity index (χ1v) is 8.15. The smallest absolute Gasteiger partial charge is 0.404 e. The van der Waals surface area contributed by atoms with E-state index in [4.69, 9.17) is 5.73 Å².